The largest absolute Gasteiger partial charge is 0.432 e. The minimum atomic E-state index is -4.61. The zero-order valence-electron chi connectivity index (χ0n) is 16.0. The van der Waals surface area contributed by atoms with Crippen LogP contribution in [0, 0.1) is 12.7 Å². The number of carbonyl (C=O) groups excluding carboxylic acids is 1. The van der Waals surface area contributed by atoms with E-state index >= 15 is 0 Å². The van der Waals surface area contributed by atoms with Gasteiger partial charge in [0.1, 0.15) is 11.5 Å². The van der Waals surface area contributed by atoms with Crippen molar-refractivity contribution in [1.29, 1.82) is 0 Å². The Balaban J connectivity index is 1.84. The Bertz CT molecular complexity index is 1110. The molecule has 0 atom stereocenters. The summed E-state index contributed by atoms with van der Waals surface area (Å²) in [6.45, 7) is 1.78. The molecule has 0 radical (unpaired) electrons. The van der Waals surface area contributed by atoms with Gasteiger partial charge in [0, 0.05) is 16.7 Å². The van der Waals surface area contributed by atoms with Gasteiger partial charge in [-0.3, -0.25) is 15.2 Å². The third-order valence-electron chi connectivity index (χ3n) is 4.10. The summed E-state index contributed by atoms with van der Waals surface area (Å²) < 4.78 is 51.6. The van der Waals surface area contributed by atoms with E-state index in [-0.39, 0.29) is 23.3 Å². The molecule has 1 heterocycles. The molecule has 162 valence electrons. The van der Waals surface area contributed by atoms with Crippen molar-refractivity contribution in [3.63, 3.8) is 0 Å². The maximum Gasteiger partial charge on any atom is 0.432 e. The Hall–Kier alpha value is -3.40. The smallest absolute Gasteiger partial charge is 0.309 e. The van der Waals surface area contributed by atoms with Crippen LogP contribution in [-0.2, 0) is 12.7 Å². The number of H-pyrrole nitrogens is 1. The van der Waals surface area contributed by atoms with Gasteiger partial charge in [0.25, 0.3) is 5.91 Å². The summed E-state index contributed by atoms with van der Waals surface area (Å²) in [5.74, 6) is -1.44. The molecule has 0 saturated carbocycles. The number of hydrogen-bond acceptors (Lipinski definition) is 3. The molecule has 0 spiro atoms. The molecule has 0 aliphatic heterocycles. The molecule has 6 nitrogen and oxygen atoms in total. The van der Waals surface area contributed by atoms with Crippen molar-refractivity contribution in [1.82, 2.24) is 15.5 Å². The molecule has 1 amide bonds. The van der Waals surface area contributed by atoms with Gasteiger partial charge in [-0.1, -0.05) is 35.4 Å². The maximum atomic E-state index is 13.2. The monoisotopic (exact) mass is 453 g/mol. The first-order valence-corrected chi connectivity index (χ1v) is 9.25. The average Bonchev–Trinajstić information content (AvgIpc) is 3.16. The molecule has 0 aliphatic carbocycles. The Morgan fingerprint density at radius 3 is 2.48 bits per heavy atom. The van der Waals surface area contributed by atoms with Crippen LogP contribution in [0.3, 0.4) is 0 Å². The Morgan fingerprint density at radius 2 is 1.87 bits per heavy atom. The zero-order valence-corrected chi connectivity index (χ0v) is 16.8. The summed E-state index contributed by atoms with van der Waals surface area (Å²) in [5, 5.41) is 10.6. The number of carbonyl (C=O) groups is 1. The van der Waals surface area contributed by atoms with Gasteiger partial charge in [-0.05, 0) is 36.8 Å². The van der Waals surface area contributed by atoms with E-state index < -0.39 is 23.6 Å². The van der Waals surface area contributed by atoms with Crippen LogP contribution in [0.5, 0.6) is 0 Å². The van der Waals surface area contributed by atoms with E-state index in [1.54, 1.807) is 24.3 Å². The summed E-state index contributed by atoms with van der Waals surface area (Å²) >= 11 is 5.98. The molecule has 0 unspecified atom stereocenters. The highest BCUT2D eigenvalue weighted by Crippen LogP contribution is 2.28. The van der Waals surface area contributed by atoms with Crippen LogP contribution in [-0.4, -0.2) is 22.1 Å². The zero-order chi connectivity index (χ0) is 22.6. The highest BCUT2D eigenvalue weighted by Gasteiger charge is 2.33. The van der Waals surface area contributed by atoms with Crippen LogP contribution in [0.15, 0.2) is 53.5 Å². The first kappa shape index (κ1) is 22.3. The van der Waals surface area contributed by atoms with Crippen LogP contribution in [0.4, 0.5) is 23.4 Å². The van der Waals surface area contributed by atoms with Gasteiger partial charge in [-0.15, -0.1) is 0 Å². The van der Waals surface area contributed by atoms with Crippen LogP contribution < -0.4 is 10.6 Å². The number of nitrogens with zero attached hydrogens (tertiary/aromatic N) is 2. The van der Waals surface area contributed by atoms with Crippen molar-refractivity contribution in [3.8, 4) is 0 Å². The predicted molar refractivity (Wildman–Crippen MR) is 108 cm³/mol. The highest BCUT2D eigenvalue weighted by molar-refractivity contribution is 6.31. The first-order chi connectivity index (χ1) is 14.6. The van der Waals surface area contributed by atoms with E-state index in [9.17, 15) is 22.4 Å². The topological polar surface area (TPSA) is 82.2 Å². The number of aromatic nitrogens is 2. The number of aliphatic imine (C=N–C) groups is 1. The summed E-state index contributed by atoms with van der Waals surface area (Å²) in [4.78, 5) is 16.7. The van der Waals surface area contributed by atoms with Crippen LogP contribution in [0.25, 0.3) is 0 Å². The van der Waals surface area contributed by atoms with Gasteiger partial charge in [-0.25, -0.2) is 9.38 Å². The lowest BCUT2D eigenvalue weighted by Crippen LogP contribution is -2.36. The fraction of sp³-hybridized carbons (Fsp3) is 0.150. The molecule has 31 heavy (non-hydrogen) atoms. The lowest BCUT2D eigenvalue weighted by atomic mass is 10.1. The number of halogens is 5. The quantitative estimate of drug-likeness (QED) is 0.298. The van der Waals surface area contributed by atoms with Crippen LogP contribution in [0.2, 0.25) is 5.02 Å². The molecule has 0 aliphatic rings. The molecular formula is C20H16ClF4N5O. The minimum Gasteiger partial charge on any atom is -0.309 e. The van der Waals surface area contributed by atoms with E-state index in [4.69, 9.17) is 11.6 Å². The minimum absolute atomic E-state index is 0.0772. The van der Waals surface area contributed by atoms with E-state index in [0.29, 0.717) is 11.1 Å². The highest BCUT2D eigenvalue weighted by atomic mass is 35.5. The van der Waals surface area contributed by atoms with E-state index in [0.717, 1.165) is 17.7 Å². The standard InChI is InChI=1S/C20H16ClF4N5O/c1-11-2-4-12(5-3-11)18(31)28-19(26-10-13-6-7-14(22)8-15(13)21)27-17-9-16(29-30-17)20(23,24)25/h2-9H,10H2,1H3,(H3,26,27,28,29,30,31). The fourth-order valence-electron chi connectivity index (χ4n) is 2.46. The van der Waals surface area contributed by atoms with Gasteiger partial charge < -0.3 is 5.32 Å². The number of guanidine groups is 1. The molecule has 2 aromatic carbocycles. The van der Waals surface area contributed by atoms with Crippen LogP contribution in [0.1, 0.15) is 27.2 Å². The second-order valence-corrected chi connectivity index (χ2v) is 6.92. The molecule has 0 bridgehead atoms. The van der Waals surface area contributed by atoms with E-state index in [1.807, 2.05) is 12.0 Å². The molecular weight excluding hydrogens is 438 g/mol. The maximum absolute atomic E-state index is 13.2. The van der Waals surface area contributed by atoms with Gasteiger partial charge in [-0.2, -0.15) is 18.3 Å². The fourth-order valence-corrected chi connectivity index (χ4v) is 2.69. The third kappa shape index (κ3) is 6.05. The van der Waals surface area contributed by atoms with Crippen molar-refractivity contribution in [2.45, 2.75) is 19.6 Å². The molecule has 0 saturated heterocycles. The SMILES string of the molecule is Cc1ccc(C(=O)NC(=NCc2ccc(F)cc2Cl)Nc2cc(C(F)(F)F)[nH]n2)cc1. The Kier molecular flexibility index (Phi) is 6.59. The lowest BCUT2D eigenvalue weighted by molar-refractivity contribution is -0.141. The Morgan fingerprint density at radius 1 is 1.16 bits per heavy atom. The molecule has 3 aromatic rings. The number of aromatic amines is 1. The van der Waals surface area contributed by atoms with Crippen molar-refractivity contribution >= 4 is 29.3 Å². The third-order valence-corrected chi connectivity index (χ3v) is 4.45. The summed E-state index contributed by atoms with van der Waals surface area (Å²) in [7, 11) is 0. The predicted octanol–water partition coefficient (Wildman–Crippen LogP) is 4.93. The Labute approximate surface area is 179 Å². The summed E-state index contributed by atoms with van der Waals surface area (Å²) in [6.07, 6.45) is -4.61. The van der Waals surface area contributed by atoms with Crippen molar-refractivity contribution in [3.05, 3.63) is 81.8 Å². The number of hydrogen-bond donors (Lipinski definition) is 3. The van der Waals surface area contributed by atoms with Crippen molar-refractivity contribution in [2.24, 2.45) is 4.99 Å². The number of benzene rings is 2. The molecule has 11 heteroatoms. The normalized spacial score (nSPS) is 12.0. The number of aryl methyl sites for hydroxylation is 1. The van der Waals surface area contributed by atoms with Gasteiger partial charge in [0.05, 0.1) is 6.54 Å². The number of nitrogens with one attached hydrogen (secondary N) is 3. The second kappa shape index (κ2) is 9.17. The number of anilines is 1. The van der Waals surface area contributed by atoms with E-state index in [2.05, 4.69) is 20.7 Å². The first-order valence-electron chi connectivity index (χ1n) is 8.88. The van der Waals surface area contributed by atoms with Gasteiger partial charge >= 0.3 is 6.18 Å². The summed E-state index contributed by atoms with van der Waals surface area (Å²) in [5.41, 5.74) is 0.648. The number of rotatable bonds is 4. The lowest BCUT2D eigenvalue weighted by Gasteiger charge is -2.11. The summed E-state index contributed by atoms with van der Waals surface area (Å²) in [6, 6.07) is 11.1. The molecule has 1 aromatic heterocycles. The second-order valence-electron chi connectivity index (χ2n) is 6.51. The number of alkyl halides is 3. The molecule has 0 fully saturated rings. The van der Waals surface area contributed by atoms with Gasteiger partial charge in [0.15, 0.2) is 5.82 Å². The van der Waals surface area contributed by atoms with Crippen LogP contribution >= 0.6 is 11.6 Å². The average molecular weight is 454 g/mol. The van der Waals surface area contributed by atoms with Gasteiger partial charge in [0.2, 0.25) is 5.96 Å². The van der Waals surface area contributed by atoms with Crippen molar-refractivity contribution in [2.75, 3.05) is 5.32 Å². The number of amides is 1. The van der Waals surface area contributed by atoms with Crippen molar-refractivity contribution < 1.29 is 22.4 Å². The molecule has 3 rings (SSSR count). The molecule has 3 N–H and O–H groups in total. The van der Waals surface area contributed by atoms with E-state index in [1.165, 1.54) is 12.1 Å².